The standard InChI is InChI=1S/C13H9ClN2OS/c14-11-6-8-18-12(11)13(17)16-10-3-1-9(2-4-10)5-7-15/h1-4,6,8H,5H2,(H,16,17). The highest BCUT2D eigenvalue weighted by molar-refractivity contribution is 7.12. The minimum Gasteiger partial charge on any atom is -0.321 e. The van der Waals surface area contributed by atoms with E-state index in [1.165, 1.54) is 11.3 Å². The largest absolute Gasteiger partial charge is 0.321 e. The van der Waals surface area contributed by atoms with E-state index in [0.717, 1.165) is 5.56 Å². The zero-order chi connectivity index (χ0) is 13.0. The molecule has 5 heteroatoms. The lowest BCUT2D eigenvalue weighted by Gasteiger charge is -2.04. The molecule has 1 aromatic carbocycles. The first-order chi connectivity index (χ1) is 8.70. The molecule has 0 spiro atoms. The molecule has 0 atom stereocenters. The fourth-order valence-electron chi connectivity index (χ4n) is 1.44. The van der Waals surface area contributed by atoms with E-state index in [0.29, 0.717) is 22.0 Å². The second-order valence-electron chi connectivity index (χ2n) is 3.58. The van der Waals surface area contributed by atoms with Gasteiger partial charge in [0.15, 0.2) is 0 Å². The van der Waals surface area contributed by atoms with Gasteiger partial charge in [-0.25, -0.2) is 0 Å². The summed E-state index contributed by atoms with van der Waals surface area (Å²) in [6.45, 7) is 0. The van der Waals surface area contributed by atoms with E-state index in [4.69, 9.17) is 16.9 Å². The molecule has 2 rings (SSSR count). The van der Waals surface area contributed by atoms with Crippen LogP contribution in [-0.2, 0) is 6.42 Å². The Balaban J connectivity index is 2.08. The fourth-order valence-corrected chi connectivity index (χ4v) is 2.48. The number of rotatable bonds is 3. The fraction of sp³-hybridized carbons (Fsp3) is 0.0769. The van der Waals surface area contributed by atoms with Crippen molar-refractivity contribution in [2.75, 3.05) is 5.32 Å². The molecule has 1 N–H and O–H groups in total. The molecule has 0 saturated carbocycles. The normalized spacial score (nSPS) is 9.78. The molecule has 1 amide bonds. The Kier molecular flexibility index (Phi) is 3.98. The minimum absolute atomic E-state index is 0.219. The van der Waals surface area contributed by atoms with Gasteiger partial charge in [-0.1, -0.05) is 23.7 Å². The molecule has 0 saturated heterocycles. The van der Waals surface area contributed by atoms with Gasteiger partial charge in [-0.2, -0.15) is 5.26 Å². The highest BCUT2D eigenvalue weighted by Gasteiger charge is 2.11. The number of benzene rings is 1. The highest BCUT2D eigenvalue weighted by atomic mass is 35.5. The summed E-state index contributed by atoms with van der Waals surface area (Å²) < 4.78 is 0. The molecule has 0 aliphatic heterocycles. The number of halogens is 1. The third-order valence-corrected chi connectivity index (χ3v) is 3.66. The molecule has 0 unspecified atom stereocenters. The van der Waals surface area contributed by atoms with Gasteiger partial charge >= 0.3 is 0 Å². The van der Waals surface area contributed by atoms with Gasteiger partial charge in [0.2, 0.25) is 0 Å². The van der Waals surface area contributed by atoms with Crippen molar-refractivity contribution in [3.63, 3.8) is 0 Å². The third kappa shape index (κ3) is 2.89. The van der Waals surface area contributed by atoms with Crippen LogP contribution in [0, 0.1) is 11.3 Å². The van der Waals surface area contributed by atoms with Crippen LogP contribution in [0.3, 0.4) is 0 Å². The smallest absolute Gasteiger partial charge is 0.267 e. The summed E-state index contributed by atoms with van der Waals surface area (Å²) in [7, 11) is 0. The van der Waals surface area contributed by atoms with Crippen molar-refractivity contribution in [2.45, 2.75) is 6.42 Å². The third-order valence-electron chi connectivity index (χ3n) is 2.32. The van der Waals surface area contributed by atoms with Crippen LogP contribution in [0.25, 0.3) is 0 Å². The monoisotopic (exact) mass is 276 g/mol. The second-order valence-corrected chi connectivity index (χ2v) is 4.91. The van der Waals surface area contributed by atoms with Gasteiger partial charge in [-0.05, 0) is 29.1 Å². The average molecular weight is 277 g/mol. The van der Waals surface area contributed by atoms with Gasteiger partial charge in [0, 0.05) is 5.69 Å². The van der Waals surface area contributed by atoms with Gasteiger partial charge < -0.3 is 5.32 Å². The molecule has 90 valence electrons. The quantitative estimate of drug-likeness (QED) is 0.929. The predicted molar refractivity (Wildman–Crippen MR) is 73.0 cm³/mol. The lowest BCUT2D eigenvalue weighted by molar-refractivity contribution is 0.103. The first kappa shape index (κ1) is 12.6. The van der Waals surface area contributed by atoms with Crippen LogP contribution in [0.1, 0.15) is 15.2 Å². The van der Waals surface area contributed by atoms with Crippen molar-refractivity contribution in [1.82, 2.24) is 0 Å². The summed E-state index contributed by atoms with van der Waals surface area (Å²) in [5.74, 6) is -0.219. The van der Waals surface area contributed by atoms with Crippen LogP contribution < -0.4 is 5.32 Å². The topological polar surface area (TPSA) is 52.9 Å². The van der Waals surface area contributed by atoms with E-state index in [1.807, 2.05) is 12.1 Å². The molecular weight excluding hydrogens is 268 g/mol. The van der Waals surface area contributed by atoms with Crippen LogP contribution in [0.5, 0.6) is 0 Å². The van der Waals surface area contributed by atoms with Gasteiger partial charge in [0.05, 0.1) is 17.5 Å². The Morgan fingerprint density at radius 2 is 2.06 bits per heavy atom. The summed E-state index contributed by atoms with van der Waals surface area (Å²) >= 11 is 7.18. The van der Waals surface area contributed by atoms with Crippen LogP contribution in [-0.4, -0.2) is 5.91 Å². The predicted octanol–water partition coefficient (Wildman–Crippen LogP) is 3.72. The summed E-state index contributed by atoms with van der Waals surface area (Å²) in [4.78, 5) is 12.4. The Morgan fingerprint density at radius 3 is 2.61 bits per heavy atom. The number of nitriles is 1. The van der Waals surface area contributed by atoms with Gasteiger partial charge in [0.1, 0.15) is 4.88 Å². The number of thiophene rings is 1. The summed E-state index contributed by atoms with van der Waals surface area (Å²) in [6, 6.07) is 10.9. The summed E-state index contributed by atoms with van der Waals surface area (Å²) in [5, 5.41) is 13.5. The number of carbonyl (C=O) groups is 1. The maximum atomic E-state index is 11.9. The van der Waals surface area contributed by atoms with Crippen molar-refractivity contribution >= 4 is 34.5 Å². The number of hydrogen-bond donors (Lipinski definition) is 1. The van der Waals surface area contributed by atoms with E-state index in [9.17, 15) is 4.79 Å². The van der Waals surface area contributed by atoms with Crippen molar-refractivity contribution in [2.24, 2.45) is 0 Å². The number of nitrogens with one attached hydrogen (secondary N) is 1. The molecule has 1 aromatic heterocycles. The minimum atomic E-state index is -0.219. The lowest BCUT2D eigenvalue weighted by atomic mass is 10.1. The Bertz CT molecular complexity index is 598. The van der Waals surface area contributed by atoms with Gasteiger partial charge in [-0.3, -0.25) is 4.79 Å². The summed E-state index contributed by atoms with van der Waals surface area (Å²) in [6.07, 6.45) is 0.366. The van der Waals surface area contributed by atoms with E-state index >= 15 is 0 Å². The van der Waals surface area contributed by atoms with E-state index in [2.05, 4.69) is 11.4 Å². The number of nitrogens with zero attached hydrogens (tertiary/aromatic N) is 1. The molecule has 0 aliphatic rings. The van der Waals surface area contributed by atoms with Crippen molar-refractivity contribution in [1.29, 1.82) is 5.26 Å². The molecule has 0 bridgehead atoms. The van der Waals surface area contributed by atoms with Crippen LogP contribution in [0.15, 0.2) is 35.7 Å². The van der Waals surface area contributed by atoms with Gasteiger partial charge in [-0.15, -0.1) is 11.3 Å². The summed E-state index contributed by atoms with van der Waals surface area (Å²) in [5.41, 5.74) is 1.61. The maximum Gasteiger partial charge on any atom is 0.267 e. The molecule has 3 nitrogen and oxygen atoms in total. The molecule has 0 aliphatic carbocycles. The molecule has 18 heavy (non-hydrogen) atoms. The van der Waals surface area contributed by atoms with Crippen LogP contribution in [0.4, 0.5) is 5.69 Å². The van der Waals surface area contributed by atoms with Crippen LogP contribution >= 0.6 is 22.9 Å². The lowest BCUT2D eigenvalue weighted by Crippen LogP contribution is -2.10. The Labute approximate surface area is 114 Å². The first-order valence-electron chi connectivity index (χ1n) is 5.21. The number of amides is 1. The first-order valence-corrected chi connectivity index (χ1v) is 6.46. The highest BCUT2D eigenvalue weighted by Crippen LogP contribution is 2.23. The SMILES string of the molecule is N#CCc1ccc(NC(=O)c2sccc2Cl)cc1. The van der Waals surface area contributed by atoms with Crippen molar-refractivity contribution in [3.05, 3.63) is 51.2 Å². The molecule has 2 aromatic rings. The second kappa shape index (κ2) is 5.67. The van der Waals surface area contributed by atoms with Gasteiger partial charge in [0.25, 0.3) is 5.91 Å². The molecular formula is C13H9ClN2OS. The number of carbonyl (C=O) groups excluding carboxylic acids is 1. The van der Waals surface area contributed by atoms with E-state index in [1.54, 1.807) is 23.6 Å². The van der Waals surface area contributed by atoms with E-state index < -0.39 is 0 Å². The number of anilines is 1. The van der Waals surface area contributed by atoms with Crippen LogP contribution in [0.2, 0.25) is 5.02 Å². The number of hydrogen-bond acceptors (Lipinski definition) is 3. The molecule has 1 heterocycles. The molecule has 0 radical (unpaired) electrons. The van der Waals surface area contributed by atoms with E-state index in [-0.39, 0.29) is 5.91 Å². The maximum absolute atomic E-state index is 11.9. The van der Waals surface area contributed by atoms with Crippen molar-refractivity contribution in [3.8, 4) is 6.07 Å². The molecule has 0 fully saturated rings. The van der Waals surface area contributed by atoms with Crippen molar-refractivity contribution < 1.29 is 4.79 Å². The Hall–Kier alpha value is -1.83. The average Bonchev–Trinajstić information content (AvgIpc) is 2.78. The Morgan fingerprint density at radius 1 is 1.33 bits per heavy atom. The zero-order valence-corrected chi connectivity index (χ0v) is 10.9. The zero-order valence-electron chi connectivity index (χ0n) is 9.31.